The first-order chi connectivity index (χ1) is 7.20. The first-order valence-corrected chi connectivity index (χ1v) is 4.93. The molecule has 0 radical (unpaired) electrons. The van der Waals surface area contributed by atoms with E-state index in [-0.39, 0.29) is 11.8 Å². The number of allylic oxidation sites excluding steroid dienone is 3. The van der Waals surface area contributed by atoms with Crippen molar-refractivity contribution < 1.29 is 4.79 Å². The van der Waals surface area contributed by atoms with E-state index in [4.69, 9.17) is 6.42 Å². The number of carbonyl (C=O) groups excluding carboxylic acids is 1. The minimum Gasteiger partial charge on any atom is -0.299 e. The molecule has 0 amide bonds. The second kappa shape index (κ2) is 5.33. The molecule has 0 aromatic rings. The minimum atomic E-state index is 0.0252. The van der Waals surface area contributed by atoms with Crippen LogP contribution in [0, 0.1) is 12.3 Å². The number of hydrogen-bond donors (Lipinski definition) is 1. The number of terminal acetylenes is 1. The maximum Gasteiger partial charge on any atom is 0.164 e. The molecule has 0 bridgehead atoms. The van der Waals surface area contributed by atoms with Gasteiger partial charge in [0.25, 0.3) is 0 Å². The second-order valence-electron chi connectivity index (χ2n) is 3.39. The third-order valence-electron chi connectivity index (χ3n) is 2.37. The molecule has 1 rings (SSSR count). The standard InChI is InChI=1S/C13H15NO/c1-4-6-7-11-10(3)13(15)9-12(11)14-8-5-2/h2,4,6-7,12,14H,3,8-9H2,1H3/b6-4-,11-7+. The topological polar surface area (TPSA) is 29.1 Å². The van der Waals surface area contributed by atoms with Crippen LogP contribution in [-0.4, -0.2) is 18.4 Å². The van der Waals surface area contributed by atoms with Crippen molar-refractivity contribution in [3.05, 3.63) is 36.0 Å². The molecule has 0 spiro atoms. The van der Waals surface area contributed by atoms with Gasteiger partial charge in [-0.1, -0.05) is 30.7 Å². The van der Waals surface area contributed by atoms with Crippen molar-refractivity contribution in [1.29, 1.82) is 0 Å². The zero-order valence-electron chi connectivity index (χ0n) is 8.92. The number of hydrogen-bond acceptors (Lipinski definition) is 2. The maximum absolute atomic E-state index is 11.5. The third-order valence-corrected chi connectivity index (χ3v) is 2.37. The van der Waals surface area contributed by atoms with E-state index in [0.717, 1.165) is 5.57 Å². The van der Waals surface area contributed by atoms with Gasteiger partial charge in [-0.25, -0.2) is 0 Å². The average Bonchev–Trinajstić information content (AvgIpc) is 2.50. The van der Waals surface area contributed by atoms with Crippen LogP contribution in [0.4, 0.5) is 0 Å². The summed E-state index contributed by atoms with van der Waals surface area (Å²) in [5.41, 5.74) is 1.55. The van der Waals surface area contributed by atoms with Crippen LogP contribution in [0.2, 0.25) is 0 Å². The smallest absolute Gasteiger partial charge is 0.164 e. The SMILES string of the molecule is C#CCNC1CC(=O)C(=C)/C1=C\C=C/C. The van der Waals surface area contributed by atoms with Crippen LogP contribution in [0.3, 0.4) is 0 Å². The summed E-state index contributed by atoms with van der Waals surface area (Å²) in [4.78, 5) is 11.5. The highest BCUT2D eigenvalue weighted by molar-refractivity contribution is 6.03. The lowest BCUT2D eigenvalue weighted by molar-refractivity contribution is -0.114. The monoisotopic (exact) mass is 201 g/mol. The summed E-state index contributed by atoms with van der Waals surface area (Å²) < 4.78 is 0. The summed E-state index contributed by atoms with van der Waals surface area (Å²) in [6, 6.07) is 0.0252. The van der Waals surface area contributed by atoms with Gasteiger partial charge >= 0.3 is 0 Å². The fourth-order valence-electron chi connectivity index (χ4n) is 1.57. The summed E-state index contributed by atoms with van der Waals surface area (Å²) in [6.45, 7) is 6.19. The molecule has 78 valence electrons. The average molecular weight is 201 g/mol. The fraction of sp³-hybridized carbons (Fsp3) is 0.308. The Kier molecular flexibility index (Phi) is 4.08. The zero-order valence-corrected chi connectivity index (χ0v) is 8.92. The molecule has 1 aliphatic rings. The normalized spacial score (nSPS) is 24.0. The Bertz CT molecular complexity index is 368. The molecule has 1 unspecified atom stereocenters. The van der Waals surface area contributed by atoms with Crippen LogP contribution in [0.25, 0.3) is 0 Å². The van der Waals surface area contributed by atoms with Crippen molar-refractivity contribution in [3.8, 4) is 12.3 Å². The van der Waals surface area contributed by atoms with Gasteiger partial charge in [0, 0.05) is 18.0 Å². The molecule has 0 aromatic heterocycles. The molecule has 2 heteroatoms. The van der Waals surface area contributed by atoms with Gasteiger partial charge < -0.3 is 0 Å². The van der Waals surface area contributed by atoms with Gasteiger partial charge in [-0.3, -0.25) is 10.1 Å². The van der Waals surface area contributed by atoms with Crippen molar-refractivity contribution in [3.63, 3.8) is 0 Å². The van der Waals surface area contributed by atoms with Crippen molar-refractivity contribution in [2.75, 3.05) is 6.54 Å². The first-order valence-electron chi connectivity index (χ1n) is 4.93. The van der Waals surface area contributed by atoms with E-state index in [0.29, 0.717) is 18.5 Å². The van der Waals surface area contributed by atoms with Gasteiger partial charge in [0.05, 0.1) is 6.54 Å². The molecule has 0 saturated heterocycles. The largest absolute Gasteiger partial charge is 0.299 e. The van der Waals surface area contributed by atoms with E-state index in [1.54, 1.807) is 0 Å². The van der Waals surface area contributed by atoms with E-state index in [1.807, 2.05) is 25.2 Å². The Morgan fingerprint density at radius 1 is 1.73 bits per heavy atom. The lowest BCUT2D eigenvalue weighted by Crippen LogP contribution is -2.28. The van der Waals surface area contributed by atoms with E-state index in [2.05, 4.69) is 17.8 Å². The number of ketones is 1. The lowest BCUT2D eigenvalue weighted by atomic mass is 10.1. The molecule has 2 nitrogen and oxygen atoms in total. The molecular formula is C13H15NO. The van der Waals surface area contributed by atoms with Gasteiger partial charge in [0.2, 0.25) is 0 Å². The van der Waals surface area contributed by atoms with Crippen LogP contribution in [0.15, 0.2) is 36.0 Å². The summed E-state index contributed by atoms with van der Waals surface area (Å²) >= 11 is 0. The minimum absolute atomic E-state index is 0.0252. The summed E-state index contributed by atoms with van der Waals surface area (Å²) in [7, 11) is 0. The van der Waals surface area contributed by atoms with E-state index in [1.165, 1.54) is 0 Å². The number of Topliss-reactive ketones (excluding diaryl/α,β-unsaturated/α-hetero) is 1. The summed E-state index contributed by atoms with van der Waals surface area (Å²) in [6.07, 6.45) is 11.4. The lowest BCUT2D eigenvalue weighted by Gasteiger charge is -2.10. The van der Waals surface area contributed by atoms with Crippen LogP contribution in [0.1, 0.15) is 13.3 Å². The van der Waals surface area contributed by atoms with Gasteiger partial charge in [0.15, 0.2) is 5.78 Å². The fourth-order valence-corrected chi connectivity index (χ4v) is 1.57. The number of nitrogens with one attached hydrogen (secondary N) is 1. The Hall–Kier alpha value is -1.59. The van der Waals surface area contributed by atoms with Gasteiger partial charge in [-0.2, -0.15) is 0 Å². The predicted octanol–water partition coefficient (Wildman–Crippen LogP) is 1.61. The second-order valence-corrected chi connectivity index (χ2v) is 3.39. The van der Waals surface area contributed by atoms with Crippen LogP contribution in [0.5, 0.6) is 0 Å². The Morgan fingerprint density at radius 2 is 2.47 bits per heavy atom. The molecule has 0 heterocycles. The third kappa shape index (κ3) is 2.68. The highest BCUT2D eigenvalue weighted by Gasteiger charge is 2.29. The molecule has 1 atom stereocenters. The molecule has 1 fully saturated rings. The maximum atomic E-state index is 11.5. The quantitative estimate of drug-likeness (QED) is 0.555. The predicted molar refractivity (Wildman–Crippen MR) is 62.3 cm³/mol. The van der Waals surface area contributed by atoms with Crippen LogP contribution < -0.4 is 5.32 Å². The Morgan fingerprint density at radius 3 is 3.07 bits per heavy atom. The molecular weight excluding hydrogens is 186 g/mol. The Labute approximate surface area is 90.8 Å². The molecule has 1 N–H and O–H groups in total. The highest BCUT2D eigenvalue weighted by Crippen LogP contribution is 2.26. The van der Waals surface area contributed by atoms with E-state index >= 15 is 0 Å². The van der Waals surface area contributed by atoms with Crippen molar-refractivity contribution in [1.82, 2.24) is 5.32 Å². The molecule has 0 aliphatic heterocycles. The van der Waals surface area contributed by atoms with Crippen molar-refractivity contribution in [2.45, 2.75) is 19.4 Å². The number of rotatable bonds is 3. The van der Waals surface area contributed by atoms with Gasteiger partial charge in [0.1, 0.15) is 0 Å². The summed E-state index contributed by atoms with van der Waals surface area (Å²) in [5, 5.41) is 3.13. The molecule has 0 aromatic carbocycles. The van der Waals surface area contributed by atoms with E-state index < -0.39 is 0 Å². The van der Waals surface area contributed by atoms with Crippen molar-refractivity contribution in [2.24, 2.45) is 0 Å². The van der Waals surface area contributed by atoms with Gasteiger partial charge in [-0.05, 0) is 12.5 Å². The first kappa shape index (κ1) is 11.5. The molecule has 15 heavy (non-hydrogen) atoms. The molecule has 1 aliphatic carbocycles. The highest BCUT2D eigenvalue weighted by atomic mass is 16.1. The van der Waals surface area contributed by atoms with E-state index in [9.17, 15) is 4.79 Å². The zero-order chi connectivity index (χ0) is 11.3. The Balaban J connectivity index is 2.83. The van der Waals surface area contributed by atoms with Crippen LogP contribution in [-0.2, 0) is 4.79 Å². The molecule has 1 saturated carbocycles. The van der Waals surface area contributed by atoms with Crippen molar-refractivity contribution >= 4 is 5.78 Å². The van der Waals surface area contributed by atoms with Gasteiger partial charge in [-0.15, -0.1) is 6.42 Å². The number of carbonyl (C=O) groups is 1. The van der Waals surface area contributed by atoms with Crippen LogP contribution >= 0.6 is 0 Å². The summed E-state index contributed by atoms with van der Waals surface area (Å²) in [5.74, 6) is 2.60.